The molecule has 0 unspecified atom stereocenters. The van der Waals surface area contributed by atoms with Gasteiger partial charge < -0.3 is 9.88 Å². The maximum atomic E-state index is 12.5. The summed E-state index contributed by atoms with van der Waals surface area (Å²) in [6, 6.07) is 6.58. The van der Waals surface area contributed by atoms with Gasteiger partial charge >= 0.3 is 0 Å². The summed E-state index contributed by atoms with van der Waals surface area (Å²) < 4.78 is 28.3. The molecule has 0 radical (unpaired) electrons. The average molecular weight is 440 g/mol. The van der Waals surface area contributed by atoms with Gasteiger partial charge in [0.15, 0.2) is 5.16 Å². The molecule has 0 atom stereocenters. The van der Waals surface area contributed by atoms with E-state index in [0.29, 0.717) is 30.9 Å². The molecule has 2 aromatic rings. The molecule has 0 aliphatic heterocycles. The Kier molecular flexibility index (Phi) is 8.51. The van der Waals surface area contributed by atoms with Crippen LogP contribution in [0.5, 0.6) is 0 Å². The maximum Gasteiger partial charge on any atom is 0.253 e. The lowest BCUT2D eigenvalue weighted by atomic mass is 10.1. The minimum absolute atomic E-state index is 0.0575. The Bertz CT molecular complexity index is 926. The molecule has 1 heterocycles. The lowest BCUT2D eigenvalue weighted by Crippen LogP contribution is -2.27. The Hall–Kier alpha value is -2.07. The SMILES string of the molecule is CCS(=O)(=O)Nc1ccccc1C(=O)NCCCc1nnc(SC)n1CC(C)C. The van der Waals surface area contributed by atoms with E-state index in [1.165, 1.54) is 0 Å². The molecule has 0 aliphatic rings. The van der Waals surface area contributed by atoms with Crippen LogP contribution in [0.3, 0.4) is 0 Å². The first-order valence-corrected chi connectivity index (χ1v) is 12.5. The molecular weight excluding hydrogens is 410 g/mol. The van der Waals surface area contributed by atoms with Crippen molar-refractivity contribution in [2.45, 2.75) is 45.3 Å². The number of carbonyl (C=O) groups excluding carboxylic acids is 1. The number of nitrogens with zero attached hydrogens (tertiary/aromatic N) is 3. The van der Waals surface area contributed by atoms with Crippen LogP contribution in [0.25, 0.3) is 0 Å². The number of nitrogens with one attached hydrogen (secondary N) is 2. The lowest BCUT2D eigenvalue weighted by molar-refractivity contribution is 0.0954. The number of amides is 1. The van der Waals surface area contributed by atoms with Crippen LogP contribution in [0.1, 0.15) is 43.4 Å². The van der Waals surface area contributed by atoms with Crippen molar-refractivity contribution >= 4 is 33.4 Å². The van der Waals surface area contributed by atoms with Crippen molar-refractivity contribution in [1.82, 2.24) is 20.1 Å². The van der Waals surface area contributed by atoms with Gasteiger partial charge in [0.25, 0.3) is 5.91 Å². The standard InChI is InChI=1S/C19H29N5O3S2/c1-5-29(26,27)23-16-10-7-6-9-15(16)18(25)20-12-8-11-17-21-22-19(28-4)24(17)13-14(2)3/h6-7,9-10,14,23H,5,8,11-13H2,1-4H3,(H,20,25). The molecule has 2 rings (SSSR count). The number of hydrogen-bond acceptors (Lipinski definition) is 6. The van der Waals surface area contributed by atoms with Crippen molar-refractivity contribution in [2.75, 3.05) is 23.3 Å². The van der Waals surface area contributed by atoms with Gasteiger partial charge in [-0.2, -0.15) is 0 Å². The minimum Gasteiger partial charge on any atom is -0.352 e. The summed E-state index contributed by atoms with van der Waals surface area (Å²) in [7, 11) is -3.45. The van der Waals surface area contributed by atoms with Crippen LogP contribution in [0, 0.1) is 5.92 Å². The van der Waals surface area contributed by atoms with E-state index in [1.807, 2.05) is 6.26 Å². The van der Waals surface area contributed by atoms with Crippen LogP contribution in [-0.4, -0.2) is 47.6 Å². The van der Waals surface area contributed by atoms with Gasteiger partial charge in [-0.3, -0.25) is 9.52 Å². The third-order valence-corrected chi connectivity index (χ3v) is 6.16. The van der Waals surface area contributed by atoms with Crippen molar-refractivity contribution in [3.63, 3.8) is 0 Å². The fourth-order valence-corrected chi connectivity index (χ4v) is 3.94. The summed E-state index contributed by atoms with van der Waals surface area (Å²) >= 11 is 1.57. The Morgan fingerprint density at radius 3 is 2.62 bits per heavy atom. The van der Waals surface area contributed by atoms with E-state index in [0.717, 1.165) is 17.5 Å². The fourth-order valence-electron chi connectivity index (χ4n) is 2.76. The first-order valence-electron chi connectivity index (χ1n) is 9.61. The van der Waals surface area contributed by atoms with Gasteiger partial charge in [-0.05, 0) is 37.7 Å². The minimum atomic E-state index is -3.45. The number of sulfonamides is 1. The number of carbonyl (C=O) groups is 1. The van der Waals surface area contributed by atoms with Crippen LogP contribution < -0.4 is 10.0 Å². The maximum absolute atomic E-state index is 12.5. The molecule has 8 nitrogen and oxygen atoms in total. The first kappa shape index (κ1) is 23.2. The van der Waals surface area contributed by atoms with Gasteiger partial charge in [0.2, 0.25) is 10.0 Å². The van der Waals surface area contributed by atoms with Crippen LogP contribution in [0.2, 0.25) is 0 Å². The topological polar surface area (TPSA) is 106 Å². The van der Waals surface area contributed by atoms with Crippen molar-refractivity contribution in [2.24, 2.45) is 5.92 Å². The predicted molar refractivity (Wildman–Crippen MR) is 117 cm³/mol. The van der Waals surface area contributed by atoms with Gasteiger partial charge in [-0.1, -0.05) is 37.7 Å². The van der Waals surface area contributed by atoms with E-state index in [9.17, 15) is 13.2 Å². The second-order valence-electron chi connectivity index (χ2n) is 7.02. The van der Waals surface area contributed by atoms with Crippen LogP contribution >= 0.6 is 11.8 Å². The number of hydrogen-bond donors (Lipinski definition) is 2. The number of thioether (sulfide) groups is 1. The monoisotopic (exact) mass is 439 g/mol. The van der Waals surface area contributed by atoms with Gasteiger partial charge in [-0.25, -0.2) is 8.42 Å². The quantitative estimate of drug-likeness (QED) is 0.412. The highest BCUT2D eigenvalue weighted by Crippen LogP contribution is 2.18. The Morgan fingerprint density at radius 2 is 1.97 bits per heavy atom. The fraction of sp³-hybridized carbons (Fsp3) is 0.526. The molecule has 2 N–H and O–H groups in total. The second-order valence-corrected chi connectivity index (χ2v) is 9.80. The largest absolute Gasteiger partial charge is 0.352 e. The number of aromatic nitrogens is 3. The summed E-state index contributed by atoms with van der Waals surface area (Å²) in [5.41, 5.74) is 0.588. The zero-order valence-electron chi connectivity index (χ0n) is 17.3. The van der Waals surface area contributed by atoms with Crippen LogP contribution in [0.15, 0.2) is 29.4 Å². The van der Waals surface area contributed by atoms with E-state index in [1.54, 1.807) is 43.0 Å². The van der Waals surface area contributed by atoms with Crippen molar-refractivity contribution in [3.05, 3.63) is 35.7 Å². The first-order chi connectivity index (χ1) is 13.8. The molecule has 1 aromatic carbocycles. The molecule has 0 saturated carbocycles. The summed E-state index contributed by atoms with van der Waals surface area (Å²) in [5.74, 6) is 1.03. The van der Waals surface area contributed by atoms with E-state index in [-0.39, 0.29) is 17.3 Å². The van der Waals surface area contributed by atoms with E-state index in [2.05, 4.69) is 38.7 Å². The molecule has 160 valence electrons. The number of aryl methyl sites for hydroxylation is 1. The van der Waals surface area contributed by atoms with Gasteiger partial charge in [0, 0.05) is 19.5 Å². The molecule has 10 heteroatoms. The molecular formula is C19H29N5O3S2. The lowest BCUT2D eigenvalue weighted by Gasteiger charge is -2.13. The van der Waals surface area contributed by atoms with Crippen molar-refractivity contribution in [3.8, 4) is 0 Å². The predicted octanol–water partition coefficient (Wildman–Crippen LogP) is 2.78. The zero-order valence-corrected chi connectivity index (χ0v) is 18.9. The third-order valence-electron chi connectivity index (χ3n) is 4.20. The molecule has 0 bridgehead atoms. The van der Waals surface area contributed by atoms with Gasteiger partial charge in [0.05, 0.1) is 17.0 Å². The molecule has 0 saturated heterocycles. The van der Waals surface area contributed by atoms with Crippen molar-refractivity contribution < 1.29 is 13.2 Å². The highest BCUT2D eigenvalue weighted by atomic mass is 32.2. The van der Waals surface area contributed by atoms with E-state index in [4.69, 9.17) is 0 Å². The molecule has 1 amide bonds. The summed E-state index contributed by atoms with van der Waals surface area (Å²) in [5, 5.41) is 12.3. The number of benzene rings is 1. The van der Waals surface area contributed by atoms with Crippen LogP contribution in [0.4, 0.5) is 5.69 Å². The number of para-hydroxylation sites is 1. The molecule has 29 heavy (non-hydrogen) atoms. The van der Waals surface area contributed by atoms with E-state index < -0.39 is 10.0 Å². The van der Waals surface area contributed by atoms with Gasteiger partial charge in [-0.15, -0.1) is 10.2 Å². The average Bonchev–Trinajstić information content (AvgIpc) is 3.06. The van der Waals surface area contributed by atoms with Crippen LogP contribution in [-0.2, 0) is 23.0 Å². The summed E-state index contributed by atoms with van der Waals surface area (Å²) in [4.78, 5) is 12.5. The normalized spacial score (nSPS) is 11.6. The molecule has 0 spiro atoms. The number of anilines is 1. The Labute approximate surface area is 176 Å². The Morgan fingerprint density at radius 1 is 1.24 bits per heavy atom. The number of rotatable bonds is 11. The van der Waals surface area contributed by atoms with Crippen molar-refractivity contribution in [1.29, 1.82) is 0 Å². The smallest absolute Gasteiger partial charge is 0.253 e. The summed E-state index contributed by atoms with van der Waals surface area (Å²) in [6.07, 6.45) is 3.39. The Balaban J connectivity index is 1.96. The zero-order chi connectivity index (χ0) is 21.4. The van der Waals surface area contributed by atoms with Gasteiger partial charge in [0.1, 0.15) is 5.82 Å². The molecule has 1 aromatic heterocycles. The summed E-state index contributed by atoms with van der Waals surface area (Å²) in [6.45, 7) is 7.16. The highest BCUT2D eigenvalue weighted by Gasteiger charge is 2.16. The van der Waals surface area contributed by atoms with E-state index >= 15 is 0 Å². The molecule has 0 fully saturated rings. The second kappa shape index (κ2) is 10.6. The highest BCUT2D eigenvalue weighted by molar-refractivity contribution is 7.98. The molecule has 0 aliphatic carbocycles. The third kappa shape index (κ3) is 6.74.